The Labute approximate surface area is 246 Å². The van der Waals surface area contributed by atoms with Gasteiger partial charge < -0.3 is 20.9 Å². The largest absolute Gasteiger partial charge is 0.477 e. The fraction of sp³-hybridized carbons (Fsp3) is 0.233. The van der Waals surface area contributed by atoms with Crippen LogP contribution in [-0.2, 0) is 17.7 Å². The highest BCUT2D eigenvalue weighted by atomic mass is 35.5. The van der Waals surface area contributed by atoms with Crippen LogP contribution >= 0.6 is 11.6 Å². The Hall–Kier alpha value is -4.61. The molecule has 1 atom stereocenters. The number of esters is 1. The minimum Gasteiger partial charge on any atom is -0.477 e. The molecule has 2 aromatic carbocycles. The van der Waals surface area contributed by atoms with Gasteiger partial charge in [0, 0.05) is 18.7 Å². The van der Waals surface area contributed by atoms with E-state index in [1.165, 1.54) is 28.8 Å². The minimum atomic E-state index is -1.22. The second-order valence-electron chi connectivity index (χ2n) is 9.60. The summed E-state index contributed by atoms with van der Waals surface area (Å²) in [5.41, 5.74) is 10.2. The molecule has 2 heterocycles. The summed E-state index contributed by atoms with van der Waals surface area (Å²) in [6, 6.07) is 10.5. The number of aryl methyl sites for hydroxylation is 1. The Morgan fingerprint density at radius 1 is 1.24 bits per heavy atom. The van der Waals surface area contributed by atoms with E-state index in [0.717, 1.165) is 22.3 Å². The first-order valence-corrected chi connectivity index (χ1v) is 13.4. The summed E-state index contributed by atoms with van der Waals surface area (Å²) in [6.45, 7) is 7.68. The summed E-state index contributed by atoms with van der Waals surface area (Å²) in [5, 5.41) is 16.7. The Morgan fingerprint density at radius 2 is 2.00 bits per heavy atom. The van der Waals surface area contributed by atoms with E-state index in [-0.39, 0.29) is 34.7 Å². The van der Waals surface area contributed by atoms with Crippen LogP contribution in [0.3, 0.4) is 0 Å². The molecular weight excluding hydrogens is 565 g/mol. The number of carboxylic acid groups (broad SMARTS) is 1. The van der Waals surface area contributed by atoms with Gasteiger partial charge in [-0.1, -0.05) is 36.4 Å². The molecule has 0 aliphatic heterocycles. The van der Waals surface area contributed by atoms with Crippen molar-refractivity contribution in [2.75, 3.05) is 6.61 Å². The van der Waals surface area contributed by atoms with E-state index in [4.69, 9.17) is 22.1 Å². The summed E-state index contributed by atoms with van der Waals surface area (Å²) in [5.74, 6) is -2.49. The van der Waals surface area contributed by atoms with Gasteiger partial charge in [0.1, 0.15) is 18.1 Å². The van der Waals surface area contributed by atoms with Crippen LogP contribution in [0.2, 0.25) is 5.02 Å². The van der Waals surface area contributed by atoms with Crippen molar-refractivity contribution in [1.29, 1.82) is 0 Å². The summed E-state index contributed by atoms with van der Waals surface area (Å²) >= 11 is 5.46. The highest BCUT2D eigenvalue weighted by Gasteiger charge is 2.29. The monoisotopic (exact) mass is 593 g/mol. The van der Waals surface area contributed by atoms with E-state index >= 15 is 0 Å². The first kappa shape index (κ1) is 30.4. The Morgan fingerprint density at radius 3 is 2.67 bits per heavy atom. The Kier molecular flexibility index (Phi) is 9.34. The number of nitrogens with one attached hydrogen (secondary N) is 1. The average Bonchev–Trinajstić information content (AvgIpc) is 3.55. The van der Waals surface area contributed by atoms with Gasteiger partial charge in [0.2, 0.25) is 0 Å². The van der Waals surface area contributed by atoms with Gasteiger partial charge in [-0.05, 0) is 67.1 Å². The zero-order chi connectivity index (χ0) is 30.6. The van der Waals surface area contributed by atoms with Gasteiger partial charge in [-0.3, -0.25) is 4.79 Å². The molecule has 0 saturated heterocycles. The average molecular weight is 594 g/mol. The van der Waals surface area contributed by atoms with Crippen LogP contribution in [0, 0.1) is 19.7 Å². The molecular formula is C30H29ClFN5O5. The van der Waals surface area contributed by atoms with Gasteiger partial charge in [0.05, 0.1) is 22.3 Å². The number of carboxylic acids is 1. The maximum absolute atomic E-state index is 13.1. The van der Waals surface area contributed by atoms with E-state index < -0.39 is 23.7 Å². The topological polar surface area (TPSA) is 149 Å². The predicted molar refractivity (Wildman–Crippen MR) is 154 cm³/mol. The van der Waals surface area contributed by atoms with E-state index in [9.17, 15) is 23.9 Å². The molecule has 218 valence electrons. The van der Waals surface area contributed by atoms with Gasteiger partial charge in [0.15, 0.2) is 11.3 Å². The normalized spacial score (nSPS) is 13.6. The number of nitrogens with two attached hydrogens (primary N) is 1. The number of aromatic carboxylic acids is 1. The fourth-order valence-electron chi connectivity index (χ4n) is 4.72. The first-order valence-electron chi connectivity index (χ1n) is 13.0. The number of hydrogen-bond donors (Lipinski definition) is 3. The highest BCUT2D eigenvalue weighted by Crippen LogP contribution is 2.35. The third-order valence-corrected chi connectivity index (χ3v) is 7.06. The SMILES string of the molecule is C=CCOC(=O)c1ccc2c(c1C)CC[C@@H]2NC(=O)c1cc(C(=O)O)nc2cc(C)nn12.NCc1ccc(F)c(Cl)c1. The number of carbonyl (C=O) groups is 3. The number of nitrogens with zero attached hydrogens (tertiary/aromatic N) is 3. The van der Waals surface area contributed by atoms with Crippen LogP contribution in [0.1, 0.15) is 71.7 Å². The van der Waals surface area contributed by atoms with Gasteiger partial charge in [-0.2, -0.15) is 5.10 Å². The smallest absolute Gasteiger partial charge is 0.354 e. The first-order chi connectivity index (χ1) is 20.0. The molecule has 42 heavy (non-hydrogen) atoms. The molecule has 1 amide bonds. The van der Waals surface area contributed by atoms with Gasteiger partial charge in [-0.15, -0.1) is 0 Å². The van der Waals surface area contributed by atoms with E-state index in [1.54, 1.807) is 25.1 Å². The standard InChI is InChI=1S/C23H22N4O5.C7H7ClFN/c1-4-9-32-23(31)15-5-6-16-14(13(15)3)7-8-17(16)25-21(28)19-11-18(22(29)30)24-20-10-12(2)26-27(19)20;8-6-3-5(4-10)1-2-7(6)9/h4-6,10-11,17H,1,7-9H2,2-3H3,(H,25,28)(H,29,30);1-3H,4,10H2/t17-;/m0./s1. The lowest BCUT2D eigenvalue weighted by molar-refractivity contribution is 0.0548. The molecule has 12 heteroatoms. The molecule has 0 fully saturated rings. The van der Waals surface area contributed by atoms with Crippen molar-refractivity contribution in [2.45, 2.75) is 39.3 Å². The van der Waals surface area contributed by atoms with Gasteiger partial charge in [-0.25, -0.2) is 23.5 Å². The molecule has 4 N–H and O–H groups in total. The van der Waals surface area contributed by atoms with Gasteiger partial charge in [0.25, 0.3) is 5.91 Å². The molecule has 0 unspecified atom stereocenters. The fourth-order valence-corrected chi connectivity index (χ4v) is 4.93. The molecule has 0 saturated carbocycles. The second-order valence-corrected chi connectivity index (χ2v) is 10.0. The third-order valence-electron chi connectivity index (χ3n) is 6.77. The Balaban J connectivity index is 0.000000343. The lowest BCUT2D eigenvalue weighted by atomic mass is 9.98. The zero-order valence-corrected chi connectivity index (χ0v) is 23.7. The molecule has 0 bridgehead atoms. The molecule has 0 spiro atoms. The predicted octanol–water partition coefficient (Wildman–Crippen LogP) is 4.74. The van der Waals surface area contributed by atoms with E-state index in [1.807, 2.05) is 13.0 Å². The third kappa shape index (κ3) is 6.48. The summed E-state index contributed by atoms with van der Waals surface area (Å²) in [6.07, 6.45) is 2.87. The molecule has 10 nitrogen and oxygen atoms in total. The minimum absolute atomic E-state index is 0.0929. The van der Waals surface area contributed by atoms with Crippen molar-refractivity contribution in [1.82, 2.24) is 19.9 Å². The highest BCUT2D eigenvalue weighted by molar-refractivity contribution is 6.30. The summed E-state index contributed by atoms with van der Waals surface area (Å²) in [7, 11) is 0. The lowest BCUT2D eigenvalue weighted by Crippen LogP contribution is -2.29. The van der Waals surface area contributed by atoms with E-state index in [0.29, 0.717) is 30.6 Å². The number of halogens is 2. The number of amides is 1. The van der Waals surface area contributed by atoms with Crippen LogP contribution in [-0.4, -0.2) is 44.2 Å². The number of benzene rings is 2. The van der Waals surface area contributed by atoms with Crippen LogP contribution in [0.4, 0.5) is 4.39 Å². The number of fused-ring (bicyclic) bond motifs is 2. The summed E-state index contributed by atoms with van der Waals surface area (Å²) < 4.78 is 19.0. The number of ether oxygens (including phenoxy) is 1. The molecule has 1 aliphatic rings. The van der Waals surface area contributed by atoms with Crippen molar-refractivity contribution >= 4 is 35.1 Å². The number of hydrogen-bond acceptors (Lipinski definition) is 7. The van der Waals surface area contributed by atoms with Crippen molar-refractivity contribution < 1.29 is 28.6 Å². The van der Waals surface area contributed by atoms with Crippen molar-refractivity contribution in [3.8, 4) is 0 Å². The zero-order valence-electron chi connectivity index (χ0n) is 23.0. The Bertz CT molecular complexity index is 1700. The lowest BCUT2D eigenvalue weighted by Gasteiger charge is -2.16. The number of aromatic nitrogens is 3. The molecule has 5 rings (SSSR count). The van der Waals surface area contributed by atoms with Gasteiger partial charge >= 0.3 is 11.9 Å². The maximum Gasteiger partial charge on any atom is 0.354 e. The van der Waals surface area contributed by atoms with Crippen LogP contribution in [0.15, 0.2) is 55.1 Å². The van der Waals surface area contributed by atoms with Crippen molar-refractivity contribution in [2.24, 2.45) is 5.73 Å². The molecule has 2 aromatic heterocycles. The van der Waals surface area contributed by atoms with Crippen LogP contribution in [0.5, 0.6) is 0 Å². The summed E-state index contributed by atoms with van der Waals surface area (Å²) in [4.78, 5) is 40.9. The maximum atomic E-state index is 13.1. The van der Waals surface area contributed by atoms with Crippen molar-refractivity contribution in [3.63, 3.8) is 0 Å². The number of carbonyl (C=O) groups excluding carboxylic acids is 2. The molecule has 1 aliphatic carbocycles. The van der Waals surface area contributed by atoms with Crippen LogP contribution < -0.4 is 11.1 Å². The van der Waals surface area contributed by atoms with Crippen LogP contribution in [0.25, 0.3) is 5.65 Å². The number of rotatable bonds is 7. The molecule has 0 radical (unpaired) electrons. The molecule has 4 aromatic rings. The second kappa shape index (κ2) is 12.9. The van der Waals surface area contributed by atoms with Crippen molar-refractivity contribution in [3.05, 3.63) is 111 Å². The quantitative estimate of drug-likeness (QED) is 0.205. The van der Waals surface area contributed by atoms with E-state index in [2.05, 4.69) is 22.0 Å².